The number of nitrogens with one attached hydrogen (secondary N) is 2. The number of anilines is 2. The molecule has 1 aliphatic rings. The van der Waals surface area contributed by atoms with Crippen molar-refractivity contribution in [3.63, 3.8) is 0 Å². The minimum absolute atomic E-state index is 0.220. The Bertz CT molecular complexity index is 1740. The van der Waals surface area contributed by atoms with E-state index in [0.29, 0.717) is 18.0 Å². The van der Waals surface area contributed by atoms with Crippen molar-refractivity contribution in [2.45, 2.75) is 26.3 Å². The van der Waals surface area contributed by atoms with E-state index < -0.39 is 11.9 Å². The molecule has 0 saturated heterocycles. The monoisotopic (exact) mass is 580 g/mol. The highest BCUT2D eigenvalue weighted by atomic mass is 19.1. The summed E-state index contributed by atoms with van der Waals surface area (Å²) < 4.78 is 29.9. The molecule has 7 nitrogen and oxygen atoms in total. The third-order valence-corrected chi connectivity index (χ3v) is 7.24. The summed E-state index contributed by atoms with van der Waals surface area (Å²) >= 11 is 0. The maximum absolute atomic E-state index is 13.9. The van der Waals surface area contributed by atoms with Crippen LogP contribution in [0, 0.1) is 12.7 Å². The van der Waals surface area contributed by atoms with E-state index in [1.54, 1.807) is 43.5 Å². The lowest BCUT2D eigenvalue weighted by atomic mass is 9.88. The van der Waals surface area contributed by atoms with Gasteiger partial charge in [0.25, 0.3) is 0 Å². The molecule has 4 aromatic carbocycles. The molecule has 2 N–H and O–H groups in total. The number of methoxy groups -OCH3 is 2. The third-order valence-electron chi connectivity index (χ3n) is 7.24. The molecule has 43 heavy (non-hydrogen) atoms. The molecule has 0 radical (unpaired) electrons. The van der Waals surface area contributed by atoms with Crippen LogP contribution in [-0.2, 0) is 4.74 Å². The van der Waals surface area contributed by atoms with Gasteiger partial charge >= 0.3 is 11.9 Å². The number of hydrogen-bond acceptors (Lipinski definition) is 7. The van der Waals surface area contributed by atoms with Gasteiger partial charge in [0.05, 0.1) is 30.9 Å². The van der Waals surface area contributed by atoms with E-state index >= 15 is 0 Å². The Kier molecular flexibility index (Phi) is 8.21. The summed E-state index contributed by atoms with van der Waals surface area (Å²) in [7, 11) is 2.84. The summed E-state index contributed by atoms with van der Waals surface area (Å²) in [5, 5.41) is 6.97. The number of carbonyl (C=O) groups is 2. The van der Waals surface area contributed by atoms with Gasteiger partial charge in [0.2, 0.25) is 0 Å². The topological polar surface area (TPSA) is 85.9 Å². The van der Waals surface area contributed by atoms with Gasteiger partial charge in [-0.3, -0.25) is 0 Å². The number of carbonyl (C=O) groups excluding carboxylic acids is 2. The van der Waals surface area contributed by atoms with Gasteiger partial charge in [-0.15, -0.1) is 0 Å². The number of ether oxygens (including phenoxy) is 3. The largest absolute Gasteiger partial charge is 0.496 e. The predicted molar refractivity (Wildman–Crippen MR) is 166 cm³/mol. The first kappa shape index (κ1) is 29.4. The normalized spacial score (nSPS) is 13.2. The first-order chi connectivity index (χ1) is 20.6. The summed E-state index contributed by atoms with van der Waals surface area (Å²) in [5.74, 6) is -0.616. The zero-order valence-electron chi connectivity index (χ0n) is 24.7. The lowest BCUT2D eigenvalue weighted by Gasteiger charge is -2.33. The number of fused-ring (bicyclic) bond motifs is 1. The summed E-state index contributed by atoms with van der Waals surface area (Å²) in [6.07, 6.45) is 2.18. The van der Waals surface area contributed by atoms with Crippen molar-refractivity contribution < 1.29 is 28.2 Å². The third kappa shape index (κ3) is 6.54. The van der Waals surface area contributed by atoms with Gasteiger partial charge in [-0.25, -0.2) is 14.0 Å². The highest BCUT2D eigenvalue weighted by Gasteiger charge is 2.25. The van der Waals surface area contributed by atoms with Gasteiger partial charge in [-0.1, -0.05) is 24.3 Å². The fraction of sp³-hybridized carbons (Fsp3) is 0.200. The first-order valence-corrected chi connectivity index (χ1v) is 13.8. The fourth-order valence-electron chi connectivity index (χ4n) is 5.13. The Morgan fingerprint density at radius 1 is 0.884 bits per heavy atom. The molecule has 0 atom stereocenters. The first-order valence-electron chi connectivity index (χ1n) is 13.8. The summed E-state index contributed by atoms with van der Waals surface area (Å²) in [4.78, 5) is 24.7. The van der Waals surface area contributed by atoms with Crippen LogP contribution in [0.4, 0.5) is 15.8 Å². The van der Waals surface area contributed by atoms with E-state index in [1.165, 1.54) is 25.3 Å². The van der Waals surface area contributed by atoms with Crippen LogP contribution in [0.2, 0.25) is 0 Å². The molecular formula is C35H33FN2O5. The number of benzene rings is 4. The van der Waals surface area contributed by atoms with Crippen molar-refractivity contribution in [1.82, 2.24) is 0 Å². The van der Waals surface area contributed by atoms with Gasteiger partial charge in [0.1, 0.15) is 17.3 Å². The quantitative estimate of drug-likeness (QED) is 0.165. The molecule has 1 heterocycles. The molecule has 0 spiro atoms. The Morgan fingerprint density at radius 2 is 1.65 bits per heavy atom. The van der Waals surface area contributed by atoms with Crippen LogP contribution in [0.15, 0.2) is 84.9 Å². The summed E-state index contributed by atoms with van der Waals surface area (Å²) in [5.41, 5.74) is 6.71. The predicted octanol–water partition coefficient (Wildman–Crippen LogP) is 7.52. The number of aryl methyl sites for hydroxylation is 1. The van der Waals surface area contributed by atoms with E-state index in [4.69, 9.17) is 14.2 Å². The molecule has 0 fully saturated rings. The van der Waals surface area contributed by atoms with Crippen LogP contribution in [-0.4, -0.2) is 38.2 Å². The van der Waals surface area contributed by atoms with Gasteiger partial charge in [0, 0.05) is 35.1 Å². The minimum atomic E-state index is -0.612. The Morgan fingerprint density at radius 3 is 2.40 bits per heavy atom. The Labute approximate surface area is 250 Å². The average Bonchev–Trinajstić information content (AvgIpc) is 3.00. The van der Waals surface area contributed by atoms with Crippen molar-refractivity contribution in [3.8, 4) is 22.6 Å². The molecule has 4 aromatic rings. The van der Waals surface area contributed by atoms with Crippen LogP contribution in [0.25, 0.3) is 16.7 Å². The van der Waals surface area contributed by atoms with Gasteiger partial charge < -0.3 is 24.8 Å². The molecular weight excluding hydrogens is 547 g/mol. The van der Waals surface area contributed by atoms with E-state index in [1.807, 2.05) is 25.1 Å². The Balaban J connectivity index is 1.41. The highest BCUT2D eigenvalue weighted by molar-refractivity contribution is 5.96. The molecule has 0 saturated carbocycles. The molecule has 0 amide bonds. The van der Waals surface area contributed by atoms with Gasteiger partial charge in [-0.05, 0) is 92.1 Å². The number of esters is 2. The van der Waals surface area contributed by atoms with Crippen LogP contribution in [0.3, 0.4) is 0 Å². The van der Waals surface area contributed by atoms with Crippen molar-refractivity contribution in [2.24, 2.45) is 0 Å². The SMILES string of the molecule is COC(=O)c1cccc(C(=O)Oc2ccc(-c3ccc4c(c3)C(CNc3cc(F)ccc3C)=CC(C)(C)N4)c(OC)c2)c1. The fourth-order valence-corrected chi connectivity index (χ4v) is 5.13. The van der Waals surface area contributed by atoms with E-state index in [-0.39, 0.29) is 22.5 Å². The average molecular weight is 581 g/mol. The molecule has 8 heteroatoms. The lowest BCUT2D eigenvalue weighted by molar-refractivity contribution is 0.0600. The number of halogens is 1. The molecule has 5 rings (SSSR count). The van der Waals surface area contributed by atoms with Crippen molar-refractivity contribution in [3.05, 3.63) is 113 Å². The maximum Gasteiger partial charge on any atom is 0.343 e. The van der Waals surface area contributed by atoms with Crippen LogP contribution in [0.5, 0.6) is 11.5 Å². The zero-order chi connectivity index (χ0) is 30.7. The van der Waals surface area contributed by atoms with Crippen LogP contribution in [0.1, 0.15) is 45.7 Å². The lowest BCUT2D eigenvalue weighted by Crippen LogP contribution is -2.32. The van der Waals surface area contributed by atoms with Crippen molar-refractivity contribution in [1.29, 1.82) is 0 Å². The molecule has 0 aromatic heterocycles. The Hall–Kier alpha value is -5.11. The molecule has 0 aliphatic carbocycles. The van der Waals surface area contributed by atoms with Crippen molar-refractivity contribution in [2.75, 3.05) is 31.4 Å². The zero-order valence-corrected chi connectivity index (χ0v) is 24.7. The number of rotatable bonds is 8. The van der Waals surface area contributed by atoms with Gasteiger partial charge in [0.15, 0.2) is 0 Å². The highest BCUT2D eigenvalue weighted by Crippen LogP contribution is 2.40. The summed E-state index contributed by atoms with van der Waals surface area (Å²) in [6, 6.07) is 22.2. The molecule has 0 bridgehead atoms. The van der Waals surface area contributed by atoms with Crippen LogP contribution >= 0.6 is 0 Å². The molecule has 1 aliphatic heterocycles. The van der Waals surface area contributed by atoms with E-state index in [0.717, 1.165) is 39.2 Å². The molecule has 220 valence electrons. The summed E-state index contributed by atoms with van der Waals surface area (Å²) in [6.45, 7) is 6.66. The van der Waals surface area contributed by atoms with Gasteiger partial charge in [-0.2, -0.15) is 0 Å². The van der Waals surface area contributed by atoms with Crippen molar-refractivity contribution >= 4 is 28.9 Å². The number of hydrogen-bond donors (Lipinski definition) is 2. The second-order valence-corrected chi connectivity index (χ2v) is 10.9. The smallest absolute Gasteiger partial charge is 0.343 e. The van der Waals surface area contributed by atoms with E-state index in [2.05, 4.69) is 36.6 Å². The maximum atomic E-state index is 13.9. The molecule has 0 unspecified atom stereocenters. The second kappa shape index (κ2) is 12.0. The van der Waals surface area contributed by atoms with E-state index in [9.17, 15) is 14.0 Å². The standard InChI is InChI=1S/C35H33FN2O5/c1-21-9-11-26(36)17-31(21)37-20-25-19-35(2,3)38-30-14-10-22(16-29(25)30)28-13-12-27(18-32(28)41-4)43-34(40)24-8-6-7-23(15-24)33(39)42-5/h6-19,37-38H,20H2,1-5H3. The van der Waals surface area contributed by atoms with Crippen LogP contribution < -0.4 is 20.1 Å². The second-order valence-electron chi connectivity index (χ2n) is 10.9. The minimum Gasteiger partial charge on any atom is -0.496 e.